The Morgan fingerprint density at radius 3 is 2.76 bits per heavy atom. The maximum absolute atomic E-state index is 13.0. The molecular weight excluding hydrogens is 336 g/mol. The normalized spacial score (nSPS) is 18.4. The lowest BCUT2D eigenvalue weighted by atomic mass is 10.0. The van der Waals surface area contributed by atoms with E-state index in [2.05, 4.69) is 23.3 Å². The number of carbonyl (C=O) groups is 1. The molecule has 0 N–H and O–H groups in total. The van der Waals surface area contributed by atoms with Gasteiger partial charge in [0.25, 0.3) is 5.91 Å². The largest absolute Gasteiger partial charge is 0.465 e. The summed E-state index contributed by atoms with van der Waals surface area (Å²) in [6.07, 6.45) is 0.872. The number of nitrogens with zero attached hydrogens (tertiary/aromatic N) is 2. The van der Waals surface area contributed by atoms with E-state index in [0.717, 1.165) is 48.7 Å². The van der Waals surface area contributed by atoms with Gasteiger partial charge in [-0.25, -0.2) is 0 Å². The van der Waals surface area contributed by atoms with Crippen molar-refractivity contribution >= 4 is 17.2 Å². The van der Waals surface area contributed by atoms with Crippen molar-refractivity contribution in [2.75, 3.05) is 32.8 Å². The Morgan fingerprint density at radius 2 is 2.04 bits per heavy atom. The molecular formula is C19H24N2O3S. The molecule has 134 valence electrons. The summed E-state index contributed by atoms with van der Waals surface area (Å²) in [4.78, 5) is 18.7. The molecule has 25 heavy (non-hydrogen) atoms. The van der Waals surface area contributed by atoms with Crippen molar-refractivity contribution < 1.29 is 13.9 Å². The van der Waals surface area contributed by atoms with Crippen LogP contribution in [0.4, 0.5) is 0 Å². The van der Waals surface area contributed by atoms with E-state index in [-0.39, 0.29) is 5.91 Å². The van der Waals surface area contributed by atoms with Crippen LogP contribution in [-0.4, -0.2) is 48.6 Å². The molecule has 2 aliphatic heterocycles. The van der Waals surface area contributed by atoms with Crippen LogP contribution in [0.1, 0.15) is 37.9 Å². The van der Waals surface area contributed by atoms with E-state index in [9.17, 15) is 4.79 Å². The molecule has 6 heteroatoms. The van der Waals surface area contributed by atoms with Crippen LogP contribution in [0.5, 0.6) is 0 Å². The van der Waals surface area contributed by atoms with Crippen molar-refractivity contribution in [3.63, 3.8) is 0 Å². The number of ether oxygens (including phenoxy) is 1. The molecule has 5 nitrogen and oxygen atoms in total. The van der Waals surface area contributed by atoms with Crippen LogP contribution in [0.15, 0.2) is 15.9 Å². The number of aryl methyl sites for hydroxylation is 2. The summed E-state index contributed by atoms with van der Waals surface area (Å²) >= 11 is 1.81. The number of amides is 1. The van der Waals surface area contributed by atoms with E-state index < -0.39 is 0 Å². The number of hydrogen-bond donors (Lipinski definition) is 0. The van der Waals surface area contributed by atoms with Gasteiger partial charge in [0.05, 0.1) is 18.8 Å². The molecule has 2 aliphatic rings. The standard InChI is InChI=1S/C19H24N2O3S/c1-13-4-10-25-17(13)12-20-5-3-16-15(11-20)18(14(2)24-16)19(22)21-6-8-23-9-7-21/h4,10H,3,5-9,11-12H2,1-2H3. The molecule has 0 spiro atoms. The van der Waals surface area contributed by atoms with Crippen LogP contribution in [0.25, 0.3) is 0 Å². The molecule has 0 aromatic carbocycles. The van der Waals surface area contributed by atoms with Crippen LogP contribution in [0.2, 0.25) is 0 Å². The van der Waals surface area contributed by atoms with Crippen molar-refractivity contribution in [1.29, 1.82) is 0 Å². The number of furan rings is 1. The maximum Gasteiger partial charge on any atom is 0.257 e. The summed E-state index contributed by atoms with van der Waals surface area (Å²) in [5.74, 6) is 1.85. The van der Waals surface area contributed by atoms with Gasteiger partial charge >= 0.3 is 0 Å². The van der Waals surface area contributed by atoms with E-state index in [1.54, 1.807) is 0 Å². The molecule has 1 saturated heterocycles. The van der Waals surface area contributed by atoms with E-state index in [1.807, 2.05) is 23.2 Å². The van der Waals surface area contributed by atoms with Gasteiger partial charge in [0.15, 0.2) is 0 Å². The third kappa shape index (κ3) is 3.26. The second-order valence-corrected chi connectivity index (χ2v) is 7.83. The Bertz CT molecular complexity index is 774. The van der Waals surface area contributed by atoms with Gasteiger partial charge in [0.2, 0.25) is 0 Å². The van der Waals surface area contributed by atoms with Gasteiger partial charge in [-0.05, 0) is 30.9 Å². The number of rotatable bonds is 3. The molecule has 2 aromatic rings. The number of morpholine rings is 1. The minimum absolute atomic E-state index is 0.0972. The average molecular weight is 360 g/mol. The summed E-state index contributed by atoms with van der Waals surface area (Å²) in [7, 11) is 0. The summed E-state index contributed by atoms with van der Waals surface area (Å²) in [5.41, 5.74) is 3.22. The Kier molecular flexibility index (Phi) is 4.67. The first-order valence-electron chi connectivity index (χ1n) is 8.87. The predicted octanol–water partition coefficient (Wildman–Crippen LogP) is 2.99. The zero-order chi connectivity index (χ0) is 17.4. The Labute approximate surface area is 152 Å². The molecule has 2 aromatic heterocycles. The van der Waals surface area contributed by atoms with E-state index in [0.29, 0.717) is 26.3 Å². The monoisotopic (exact) mass is 360 g/mol. The second-order valence-electron chi connectivity index (χ2n) is 6.83. The highest BCUT2D eigenvalue weighted by atomic mass is 32.1. The fraction of sp³-hybridized carbons (Fsp3) is 0.526. The number of carbonyl (C=O) groups excluding carboxylic acids is 1. The maximum atomic E-state index is 13.0. The van der Waals surface area contributed by atoms with Crippen molar-refractivity contribution in [1.82, 2.24) is 9.80 Å². The quantitative estimate of drug-likeness (QED) is 0.844. The highest BCUT2D eigenvalue weighted by Gasteiger charge is 2.31. The zero-order valence-electron chi connectivity index (χ0n) is 14.8. The van der Waals surface area contributed by atoms with Gasteiger partial charge in [-0.15, -0.1) is 11.3 Å². The van der Waals surface area contributed by atoms with E-state index in [1.165, 1.54) is 10.4 Å². The highest BCUT2D eigenvalue weighted by molar-refractivity contribution is 7.10. The lowest BCUT2D eigenvalue weighted by Gasteiger charge is -2.29. The molecule has 1 fully saturated rings. The minimum Gasteiger partial charge on any atom is -0.465 e. The van der Waals surface area contributed by atoms with Crippen molar-refractivity contribution in [2.45, 2.75) is 33.4 Å². The van der Waals surface area contributed by atoms with Crippen molar-refractivity contribution in [2.24, 2.45) is 0 Å². The molecule has 0 radical (unpaired) electrons. The van der Waals surface area contributed by atoms with Crippen LogP contribution in [-0.2, 0) is 24.2 Å². The molecule has 0 atom stereocenters. The Morgan fingerprint density at radius 1 is 1.24 bits per heavy atom. The number of hydrogen-bond acceptors (Lipinski definition) is 5. The van der Waals surface area contributed by atoms with Crippen LogP contribution >= 0.6 is 11.3 Å². The molecule has 0 aliphatic carbocycles. The first kappa shape index (κ1) is 16.8. The number of thiophene rings is 1. The summed E-state index contributed by atoms with van der Waals surface area (Å²) in [5, 5.41) is 2.15. The molecule has 4 heterocycles. The van der Waals surface area contributed by atoms with Gasteiger partial charge in [0, 0.05) is 49.6 Å². The fourth-order valence-electron chi connectivity index (χ4n) is 3.69. The van der Waals surface area contributed by atoms with Gasteiger partial charge in [-0.1, -0.05) is 0 Å². The van der Waals surface area contributed by atoms with Crippen LogP contribution < -0.4 is 0 Å². The SMILES string of the molecule is Cc1ccsc1CN1CCc2oc(C)c(C(=O)N3CCOCC3)c2C1. The highest BCUT2D eigenvalue weighted by Crippen LogP contribution is 2.31. The number of fused-ring (bicyclic) bond motifs is 1. The van der Waals surface area contributed by atoms with Crippen molar-refractivity contribution in [3.05, 3.63) is 44.5 Å². The second kappa shape index (κ2) is 6.94. The minimum atomic E-state index is 0.0972. The smallest absolute Gasteiger partial charge is 0.257 e. The predicted molar refractivity (Wildman–Crippen MR) is 97.0 cm³/mol. The molecule has 0 saturated carbocycles. The Hall–Kier alpha value is -1.63. The van der Waals surface area contributed by atoms with Crippen molar-refractivity contribution in [3.8, 4) is 0 Å². The first-order chi connectivity index (χ1) is 12.1. The van der Waals surface area contributed by atoms with Crippen LogP contribution in [0, 0.1) is 13.8 Å². The van der Waals surface area contributed by atoms with Gasteiger partial charge in [-0.2, -0.15) is 0 Å². The third-order valence-electron chi connectivity index (χ3n) is 5.15. The summed E-state index contributed by atoms with van der Waals surface area (Å²) in [6, 6.07) is 2.17. The molecule has 0 unspecified atom stereocenters. The van der Waals surface area contributed by atoms with Gasteiger partial charge in [0.1, 0.15) is 11.5 Å². The fourth-order valence-corrected chi connectivity index (χ4v) is 4.64. The first-order valence-corrected chi connectivity index (χ1v) is 9.75. The van der Waals surface area contributed by atoms with Gasteiger partial charge in [-0.3, -0.25) is 9.69 Å². The summed E-state index contributed by atoms with van der Waals surface area (Å²) < 4.78 is 11.3. The summed E-state index contributed by atoms with van der Waals surface area (Å²) in [6.45, 7) is 9.35. The van der Waals surface area contributed by atoms with Crippen LogP contribution in [0.3, 0.4) is 0 Å². The van der Waals surface area contributed by atoms with E-state index >= 15 is 0 Å². The molecule has 4 rings (SSSR count). The topological polar surface area (TPSA) is 45.9 Å². The lowest BCUT2D eigenvalue weighted by Crippen LogP contribution is -2.41. The Balaban J connectivity index is 1.56. The van der Waals surface area contributed by atoms with Gasteiger partial charge < -0.3 is 14.1 Å². The third-order valence-corrected chi connectivity index (χ3v) is 6.16. The zero-order valence-corrected chi connectivity index (χ0v) is 15.7. The lowest BCUT2D eigenvalue weighted by molar-refractivity contribution is 0.0300. The molecule has 0 bridgehead atoms. The average Bonchev–Trinajstić information content (AvgIpc) is 3.17. The van der Waals surface area contributed by atoms with E-state index in [4.69, 9.17) is 9.15 Å². The molecule has 1 amide bonds.